The standard InChI is InChI=1S/C24H20FN3OS2.C24H26N4O/c25-17-7-8-20-22(10-17)31-24(26-20)28-13-15-11-27(12-16(15)14-28)23(29)19-5-2-1-4-18(19)21-6-3-9-30-21;1-15-8-9-18-6-4-5-7-21(18)22(15)23(29)27-11-19-13-28(14-20(19)12-27)24-25-16(2)10-17(3)26-24/h1-10,15-16H,11-14H2;4-10,19-20H,11-14H2,1-3H3. The highest BCUT2D eigenvalue weighted by Gasteiger charge is 2.44. The number of nitrogens with zero attached hydrogens (tertiary/aromatic N) is 7. The summed E-state index contributed by atoms with van der Waals surface area (Å²) in [6.45, 7) is 12.9. The molecule has 4 unspecified atom stereocenters. The van der Waals surface area contributed by atoms with E-state index >= 15 is 0 Å². The number of hydrogen-bond donors (Lipinski definition) is 0. The predicted molar refractivity (Wildman–Crippen MR) is 240 cm³/mol. The monoisotopic (exact) mass is 835 g/mol. The molecule has 304 valence electrons. The second kappa shape index (κ2) is 15.7. The van der Waals surface area contributed by atoms with Gasteiger partial charge in [0.2, 0.25) is 5.95 Å². The zero-order valence-electron chi connectivity index (χ0n) is 33.9. The van der Waals surface area contributed by atoms with E-state index in [9.17, 15) is 14.0 Å². The largest absolute Gasteiger partial charge is 0.347 e. The van der Waals surface area contributed by atoms with Gasteiger partial charge in [0.25, 0.3) is 11.8 Å². The minimum Gasteiger partial charge on any atom is -0.347 e. The number of aromatic nitrogens is 3. The van der Waals surface area contributed by atoms with E-state index in [1.54, 1.807) is 34.8 Å². The van der Waals surface area contributed by atoms with E-state index in [1.807, 2.05) is 79.6 Å². The Morgan fingerprint density at radius 3 is 2.00 bits per heavy atom. The summed E-state index contributed by atoms with van der Waals surface area (Å²) in [5.41, 5.74) is 6.58. The van der Waals surface area contributed by atoms with Crippen LogP contribution in [0.3, 0.4) is 0 Å². The van der Waals surface area contributed by atoms with Gasteiger partial charge in [-0.05, 0) is 78.9 Å². The third-order valence-electron chi connectivity index (χ3n) is 12.7. The van der Waals surface area contributed by atoms with Crippen LogP contribution >= 0.6 is 22.7 Å². The fourth-order valence-electron chi connectivity index (χ4n) is 9.82. The lowest BCUT2D eigenvalue weighted by atomic mass is 9.99. The number of benzene rings is 4. The normalized spacial score (nSPS) is 20.8. The highest BCUT2D eigenvalue weighted by atomic mass is 32.1. The summed E-state index contributed by atoms with van der Waals surface area (Å²) in [4.78, 5) is 50.6. The summed E-state index contributed by atoms with van der Waals surface area (Å²) >= 11 is 3.21. The van der Waals surface area contributed by atoms with Crippen molar-refractivity contribution in [1.82, 2.24) is 24.8 Å². The number of thiazole rings is 1. The molecule has 0 spiro atoms. The van der Waals surface area contributed by atoms with Crippen LogP contribution in [-0.2, 0) is 0 Å². The third kappa shape index (κ3) is 7.29. The highest BCUT2D eigenvalue weighted by molar-refractivity contribution is 7.22. The molecular weight excluding hydrogens is 790 g/mol. The molecule has 60 heavy (non-hydrogen) atoms. The average molecular weight is 836 g/mol. The van der Waals surface area contributed by atoms with Crippen LogP contribution in [0.4, 0.5) is 15.5 Å². The first-order valence-corrected chi connectivity index (χ1v) is 22.4. The number of carbonyl (C=O) groups excluding carboxylic acids is 2. The zero-order chi connectivity index (χ0) is 41.1. The summed E-state index contributed by atoms with van der Waals surface area (Å²) in [7, 11) is 0. The molecule has 0 radical (unpaired) electrons. The quantitative estimate of drug-likeness (QED) is 0.171. The molecule has 11 rings (SSSR count). The van der Waals surface area contributed by atoms with Crippen molar-refractivity contribution in [2.24, 2.45) is 23.7 Å². The van der Waals surface area contributed by atoms with Gasteiger partial charge in [-0.3, -0.25) is 9.59 Å². The van der Waals surface area contributed by atoms with Gasteiger partial charge in [-0.1, -0.05) is 72.0 Å². The summed E-state index contributed by atoms with van der Waals surface area (Å²) in [5.74, 6) is 2.77. The van der Waals surface area contributed by atoms with Crippen LogP contribution in [0.2, 0.25) is 0 Å². The molecule has 4 saturated heterocycles. The second-order valence-electron chi connectivity index (χ2n) is 16.8. The Kier molecular flexibility index (Phi) is 10.1. The Hall–Kier alpha value is -5.72. The molecule has 4 fully saturated rings. The van der Waals surface area contributed by atoms with Gasteiger partial charge in [-0.25, -0.2) is 19.3 Å². The van der Waals surface area contributed by atoms with Crippen LogP contribution in [0, 0.1) is 50.3 Å². The molecule has 7 aromatic rings. The van der Waals surface area contributed by atoms with Gasteiger partial charge in [0.1, 0.15) is 5.82 Å². The number of anilines is 2. The van der Waals surface area contributed by atoms with Crippen LogP contribution < -0.4 is 9.80 Å². The van der Waals surface area contributed by atoms with E-state index < -0.39 is 0 Å². The van der Waals surface area contributed by atoms with Crippen LogP contribution in [0.25, 0.3) is 31.4 Å². The number of fused-ring (bicyclic) bond motifs is 4. The number of hydrogen-bond acceptors (Lipinski definition) is 9. The Morgan fingerprint density at radius 1 is 0.650 bits per heavy atom. The Bertz CT molecular complexity index is 2710. The number of likely N-dealkylation sites (tertiary alicyclic amines) is 2. The lowest BCUT2D eigenvalue weighted by Gasteiger charge is -2.23. The second-order valence-corrected chi connectivity index (χ2v) is 18.8. The van der Waals surface area contributed by atoms with Crippen molar-refractivity contribution in [1.29, 1.82) is 0 Å². The van der Waals surface area contributed by atoms with Gasteiger partial charge in [0.15, 0.2) is 5.13 Å². The van der Waals surface area contributed by atoms with Crippen LogP contribution in [-0.4, -0.2) is 88.9 Å². The molecule has 4 atom stereocenters. The third-order valence-corrected chi connectivity index (χ3v) is 14.7. The number of halogens is 1. The predicted octanol–water partition coefficient (Wildman–Crippen LogP) is 9.14. The lowest BCUT2D eigenvalue weighted by Crippen LogP contribution is -2.34. The lowest BCUT2D eigenvalue weighted by molar-refractivity contribution is 0.0776. The maximum atomic E-state index is 13.5. The molecule has 0 N–H and O–H groups in total. The Morgan fingerprint density at radius 2 is 1.30 bits per heavy atom. The van der Waals surface area contributed by atoms with Gasteiger partial charge in [-0.2, -0.15) is 0 Å². The number of rotatable bonds is 5. The van der Waals surface area contributed by atoms with E-state index in [2.05, 4.69) is 55.0 Å². The summed E-state index contributed by atoms with van der Waals surface area (Å²) in [6, 6.07) is 31.1. The molecule has 4 aliphatic heterocycles. The maximum absolute atomic E-state index is 13.5. The average Bonchev–Trinajstić information content (AvgIpc) is 4.09. The van der Waals surface area contributed by atoms with Crippen molar-refractivity contribution in [3.8, 4) is 10.4 Å². The smallest absolute Gasteiger partial charge is 0.254 e. The van der Waals surface area contributed by atoms with E-state index in [0.717, 1.165) is 123 Å². The molecule has 0 aliphatic carbocycles. The van der Waals surface area contributed by atoms with E-state index in [-0.39, 0.29) is 17.6 Å². The van der Waals surface area contributed by atoms with Crippen molar-refractivity contribution in [2.75, 3.05) is 62.2 Å². The minimum absolute atomic E-state index is 0.125. The first-order valence-electron chi connectivity index (χ1n) is 20.7. The fourth-order valence-corrected chi connectivity index (χ4v) is 11.6. The van der Waals surface area contributed by atoms with Crippen LogP contribution in [0.5, 0.6) is 0 Å². The van der Waals surface area contributed by atoms with E-state index in [4.69, 9.17) is 4.98 Å². The summed E-state index contributed by atoms with van der Waals surface area (Å²) < 4.78 is 14.4. The maximum Gasteiger partial charge on any atom is 0.254 e. The van der Waals surface area contributed by atoms with Crippen LogP contribution in [0.1, 0.15) is 37.7 Å². The number of aryl methyl sites for hydroxylation is 3. The Balaban J connectivity index is 0.000000145. The van der Waals surface area contributed by atoms with Crippen molar-refractivity contribution < 1.29 is 14.0 Å². The molecule has 4 aliphatic rings. The van der Waals surface area contributed by atoms with E-state index in [0.29, 0.717) is 23.7 Å². The van der Waals surface area contributed by atoms with Crippen molar-refractivity contribution >= 4 is 66.6 Å². The van der Waals surface area contributed by atoms with Gasteiger partial charge in [0.05, 0.1) is 15.8 Å². The minimum atomic E-state index is -0.224. The van der Waals surface area contributed by atoms with Gasteiger partial charge in [-0.15, -0.1) is 11.3 Å². The Labute approximate surface area is 357 Å². The zero-order valence-corrected chi connectivity index (χ0v) is 35.6. The topological polar surface area (TPSA) is 85.8 Å². The SMILES string of the molecule is Cc1cc(C)nc(N2CC3CN(C(=O)c4c(C)ccc5ccccc45)CC3C2)n1.O=C(c1ccccc1-c1cccs1)N1CC2CN(c3nc4ccc(F)cc4s3)CC2C1. The molecule has 4 aromatic carbocycles. The first-order chi connectivity index (χ1) is 29.1. The molecular formula is C48H46FN7O2S2. The summed E-state index contributed by atoms with van der Waals surface area (Å²) in [6.07, 6.45) is 0. The number of thiophene rings is 1. The van der Waals surface area contributed by atoms with Gasteiger partial charge < -0.3 is 19.6 Å². The number of amides is 2. The van der Waals surface area contributed by atoms with Crippen molar-refractivity contribution in [3.63, 3.8) is 0 Å². The van der Waals surface area contributed by atoms with Crippen LogP contribution in [0.15, 0.2) is 102 Å². The number of carbonyl (C=O) groups is 2. The molecule has 9 nitrogen and oxygen atoms in total. The fraction of sp³-hybridized carbons (Fsp3) is 0.312. The molecule has 0 saturated carbocycles. The summed E-state index contributed by atoms with van der Waals surface area (Å²) in [5, 5.41) is 5.18. The molecule has 0 bridgehead atoms. The van der Waals surface area contributed by atoms with Crippen molar-refractivity contribution in [3.05, 3.63) is 136 Å². The molecule has 3 aromatic heterocycles. The highest BCUT2D eigenvalue weighted by Crippen LogP contribution is 2.39. The molecule has 12 heteroatoms. The van der Waals surface area contributed by atoms with Gasteiger partial charge in [0, 0.05) is 103 Å². The van der Waals surface area contributed by atoms with Gasteiger partial charge >= 0.3 is 0 Å². The molecule has 7 heterocycles. The molecule has 2 amide bonds. The van der Waals surface area contributed by atoms with E-state index in [1.165, 1.54) is 6.07 Å². The van der Waals surface area contributed by atoms with Crippen molar-refractivity contribution in [2.45, 2.75) is 20.8 Å². The first kappa shape index (κ1) is 38.5.